The van der Waals surface area contributed by atoms with Crippen LogP contribution in [-0.2, 0) is 10.1 Å². The minimum Gasteiger partial charge on any atom is -0.744 e. The first-order valence-corrected chi connectivity index (χ1v) is 16.7. The van der Waals surface area contributed by atoms with Crippen molar-refractivity contribution in [2.45, 2.75) is 135 Å². The van der Waals surface area contributed by atoms with E-state index in [9.17, 15) is 34.9 Å². The lowest BCUT2D eigenvalue weighted by Crippen LogP contribution is -2.50. The van der Waals surface area contributed by atoms with Crippen molar-refractivity contribution >= 4 is 10.1 Å². The molecule has 0 saturated heterocycles. The predicted molar refractivity (Wildman–Crippen MR) is 150 cm³/mol. The number of rotatable bonds is 21. The standard InChI is InChI=1S/C24H52N.C6HF5O3S/c1-5-9-13-17-21-25(22-18-14-10-6-2,23-19-15-11-7-3)24-20-16-12-8-4;7-1-2(8)4(10)6(15(12,13)14)5(11)3(1)9/h5-24H2,1-4H3;(H,12,13,14)/q+1;/p-1. The normalized spacial score (nSPS) is 11.9. The molecule has 0 bridgehead atoms. The van der Waals surface area contributed by atoms with Crippen LogP contribution in [0.15, 0.2) is 4.90 Å². The van der Waals surface area contributed by atoms with Gasteiger partial charge in [-0.25, -0.2) is 30.4 Å². The number of unbranched alkanes of at least 4 members (excludes halogenated alkanes) is 12. The van der Waals surface area contributed by atoms with Gasteiger partial charge in [-0.1, -0.05) is 79.1 Å². The van der Waals surface area contributed by atoms with Crippen LogP contribution in [0.3, 0.4) is 0 Å². The van der Waals surface area contributed by atoms with Gasteiger partial charge in [0.1, 0.15) is 15.0 Å². The van der Waals surface area contributed by atoms with Crippen molar-refractivity contribution in [1.29, 1.82) is 0 Å². The second-order valence-corrected chi connectivity index (χ2v) is 12.1. The van der Waals surface area contributed by atoms with Crippen LogP contribution in [0.2, 0.25) is 0 Å². The van der Waals surface area contributed by atoms with Crippen LogP contribution in [0.1, 0.15) is 130 Å². The molecule has 0 aliphatic rings. The molecular formula is C30H52F5NO3S. The summed E-state index contributed by atoms with van der Waals surface area (Å²) in [7, 11) is -5.77. The Bertz CT molecular complexity index is 846. The highest BCUT2D eigenvalue weighted by atomic mass is 32.2. The fourth-order valence-electron chi connectivity index (χ4n) is 4.97. The predicted octanol–water partition coefficient (Wildman–Crippen LogP) is 9.41. The first-order chi connectivity index (χ1) is 18.9. The Hall–Kier alpha value is -1.26. The molecule has 0 aliphatic carbocycles. The van der Waals surface area contributed by atoms with E-state index in [1.165, 1.54) is 133 Å². The van der Waals surface area contributed by atoms with Gasteiger partial charge in [-0.2, -0.15) is 0 Å². The molecule has 0 saturated carbocycles. The first kappa shape index (κ1) is 38.7. The van der Waals surface area contributed by atoms with E-state index in [2.05, 4.69) is 27.7 Å². The minimum absolute atomic E-state index is 1.36. The van der Waals surface area contributed by atoms with E-state index in [4.69, 9.17) is 0 Å². The van der Waals surface area contributed by atoms with Crippen LogP contribution in [0, 0.1) is 29.1 Å². The number of hydrogen-bond acceptors (Lipinski definition) is 3. The molecule has 0 aliphatic heterocycles. The Labute approximate surface area is 240 Å². The Morgan fingerprint density at radius 2 is 0.725 bits per heavy atom. The van der Waals surface area contributed by atoms with Crippen LogP contribution >= 0.6 is 0 Å². The van der Waals surface area contributed by atoms with E-state index < -0.39 is 44.1 Å². The van der Waals surface area contributed by atoms with Gasteiger partial charge in [-0.05, 0) is 51.4 Å². The monoisotopic (exact) mass is 601 g/mol. The van der Waals surface area contributed by atoms with Crippen LogP contribution in [0.25, 0.3) is 0 Å². The summed E-state index contributed by atoms with van der Waals surface area (Å²) in [6, 6.07) is 0. The van der Waals surface area contributed by atoms with E-state index in [0.717, 1.165) is 0 Å². The minimum atomic E-state index is -5.77. The average Bonchev–Trinajstić information content (AvgIpc) is 2.91. The lowest BCUT2D eigenvalue weighted by atomic mass is 10.1. The Morgan fingerprint density at radius 3 is 0.950 bits per heavy atom. The second-order valence-electron chi connectivity index (χ2n) is 10.8. The van der Waals surface area contributed by atoms with E-state index >= 15 is 0 Å². The summed E-state index contributed by atoms with van der Waals surface area (Å²) in [5, 5.41) is 0. The number of hydrogen-bond donors (Lipinski definition) is 0. The number of nitrogens with zero attached hydrogens (tertiary/aromatic N) is 1. The van der Waals surface area contributed by atoms with Gasteiger partial charge < -0.3 is 9.04 Å². The molecule has 10 heteroatoms. The summed E-state index contributed by atoms with van der Waals surface area (Å²) in [5.74, 6) is -12.8. The molecule has 0 spiro atoms. The van der Waals surface area contributed by atoms with Gasteiger partial charge in [-0.15, -0.1) is 0 Å². The van der Waals surface area contributed by atoms with Crippen molar-refractivity contribution in [3.63, 3.8) is 0 Å². The third-order valence-electron chi connectivity index (χ3n) is 7.36. The van der Waals surface area contributed by atoms with Crippen LogP contribution in [-0.4, -0.2) is 43.6 Å². The maximum absolute atomic E-state index is 12.6. The van der Waals surface area contributed by atoms with Gasteiger partial charge >= 0.3 is 0 Å². The van der Waals surface area contributed by atoms with Gasteiger partial charge in [0, 0.05) is 0 Å². The molecule has 1 rings (SSSR count). The lowest BCUT2D eigenvalue weighted by molar-refractivity contribution is -0.929. The first-order valence-electron chi connectivity index (χ1n) is 15.2. The van der Waals surface area contributed by atoms with Crippen molar-refractivity contribution in [2.75, 3.05) is 26.2 Å². The Morgan fingerprint density at radius 1 is 0.475 bits per heavy atom. The van der Waals surface area contributed by atoms with E-state index in [1.54, 1.807) is 0 Å². The van der Waals surface area contributed by atoms with Gasteiger partial charge in [-0.3, -0.25) is 0 Å². The maximum Gasteiger partial charge on any atom is 0.200 e. The van der Waals surface area contributed by atoms with Gasteiger partial charge in [0.05, 0.1) is 26.2 Å². The topological polar surface area (TPSA) is 57.2 Å². The number of benzene rings is 1. The molecule has 40 heavy (non-hydrogen) atoms. The Balaban J connectivity index is 0.000000858. The molecule has 0 amide bonds. The summed E-state index contributed by atoms with van der Waals surface area (Å²) in [5.41, 5.74) is 0. The molecule has 0 radical (unpaired) electrons. The highest BCUT2D eigenvalue weighted by Gasteiger charge is 2.29. The molecule has 236 valence electrons. The van der Waals surface area contributed by atoms with Gasteiger partial charge in [0.2, 0.25) is 5.82 Å². The molecule has 4 nitrogen and oxygen atoms in total. The molecule has 0 unspecified atom stereocenters. The zero-order valence-corrected chi connectivity index (χ0v) is 25.9. The molecule has 0 N–H and O–H groups in total. The van der Waals surface area contributed by atoms with Crippen LogP contribution in [0.5, 0.6) is 0 Å². The molecule has 1 aromatic carbocycles. The Kier molecular flexibility index (Phi) is 20.8. The zero-order valence-electron chi connectivity index (χ0n) is 25.1. The number of quaternary nitrogens is 1. The molecule has 0 atom stereocenters. The molecular weight excluding hydrogens is 549 g/mol. The highest BCUT2D eigenvalue weighted by Crippen LogP contribution is 2.26. The third kappa shape index (κ3) is 14.6. The van der Waals surface area contributed by atoms with Crippen molar-refractivity contribution < 1.29 is 39.4 Å². The fourth-order valence-corrected chi connectivity index (χ4v) is 5.59. The molecule has 0 fully saturated rings. The third-order valence-corrected chi connectivity index (χ3v) is 8.22. The second kappa shape index (κ2) is 21.4. The van der Waals surface area contributed by atoms with E-state index in [-0.39, 0.29) is 0 Å². The number of halogens is 5. The van der Waals surface area contributed by atoms with E-state index in [1.807, 2.05) is 0 Å². The van der Waals surface area contributed by atoms with Crippen LogP contribution < -0.4 is 0 Å². The summed E-state index contributed by atoms with van der Waals surface area (Å²) < 4.78 is 94.4. The maximum atomic E-state index is 12.6. The lowest BCUT2D eigenvalue weighted by Gasteiger charge is -2.39. The molecule has 0 aromatic heterocycles. The van der Waals surface area contributed by atoms with Gasteiger partial charge in [0.15, 0.2) is 23.3 Å². The largest absolute Gasteiger partial charge is 0.744 e. The summed E-state index contributed by atoms with van der Waals surface area (Å²) in [4.78, 5) is -2.38. The van der Waals surface area contributed by atoms with Gasteiger partial charge in [0.25, 0.3) is 0 Å². The van der Waals surface area contributed by atoms with Crippen molar-refractivity contribution in [3.8, 4) is 0 Å². The SMILES string of the molecule is CCCCCC[N+](CCCCCC)(CCCCCC)CCCCCC.O=S(=O)([O-])c1c(F)c(F)c(F)c(F)c1F. The highest BCUT2D eigenvalue weighted by molar-refractivity contribution is 7.85. The molecule has 0 heterocycles. The van der Waals surface area contributed by atoms with E-state index in [0.29, 0.717) is 0 Å². The summed E-state index contributed by atoms with van der Waals surface area (Å²) in [6.45, 7) is 15.2. The van der Waals surface area contributed by atoms with Crippen LogP contribution in [0.4, 0.5) is 22.0 Å². The van der Waals surface area contributed by atoms with Crippen molar-refractivity contribution in [1.82, 2.24) is 0 Å². The van der Waals surface area contributed by atoms with Crippen molar-refractivity contribution in [2.24, 2.45) is 0 Å². The summed E-state index contributed by atoms with van der Waals surface area (Å²) >= 11 is 0. The average molecular weight is 602 g/mol. The molecule has 1 aromatic rings. The quantitative estimate of drug-likeness (QED) is 0.0352. The smallest absolute Gasteiger partial charge is 0.200 e. The van der Waals surface area contributed by atoms with Crippen molar-refractivity contribution in [3.05, 3.63) is 29.1 Å². The zero-order chi connectivity index (χ0) is 30.6. The summed E-state index contributed by atoms with van der Waals surface area (Å²) in [6.07, 6.45) is 22.8. The fraction of sp³-hybridized carbons (Fsp3) is 0.800.